The number of carbonyl (C=O) groups is 1. The molecule has 1 saturated carbocycles. The van der Waals surface area contributed by atoms with Crippen LogP contribution >= 0.6 is 0 Å². The molecule has 0 spiro atoms. The molecule has 2 aromatic rings. The fraction of sp³-hybridized carbons (Fsp3) is 0.278. The third-order valence-electron chi connectivity index (χ3n) is 4.41. The number of benzene rings is 2. The molecule has 3 rings (SSSR count). The lowest BCUT2D eigenvalue weighted by Gasteiger charge is -2.05. The summed E-state index contributed by atoms with van der Waals surface area (Å²) in [5.41, 5.74) is 2.78. The van der Waals surface area contributed by atoms with Gasteiger partial charge in [-0.3, -0.25) is 4.79 Å². The molecule has 0 aliphatic heterocycles. The van der Waals surface area contributed by atoms with Crippen molar-refractivity contribution >= 4 is 15.8 Å². The average molecular weight is 330 g/mol. The number of hydrogen-bond donors (Lipinski definition) is 1. The maximum absolute atomic E-state index is 12.8. The molecule has 0 saturated heterocycles. The molecular weight excluding hydrogens is 312 g/mol. The van der Waals surface area contributed by atoms with E-state index in [0.717, 1.165) is 16.7 Å². The Morgan fingerprint density at radius 3 is 1.87 bits per heavy atom. The zero-order valence-electron chi connectivity index (χ0n) is 12.9. The van der Waals surface area contributed by atoms with Gasteiger partial charge in [-0.1, -0.05) is 47.5 Å². The summed E-state index contributed by atoms with van der Waals surface area (Å²) in [5, 5.41) is 8.50. The first-order valence-corrected chi connectivity index (χ1v) is 8.97. The molecule has 0 aromatic heterocycles. The Morgan fingerprint density at radius 2 is 1.39 bits per heavy atom. The summed E-state index contributed by atoms with van der Waals surface area (Å²) in [6, 6.07) is 13.9. The Kier molecular flexibility index (Phi) is 3.76. The summed E-state index contributed by atoms with van der Waals surface area (Å²) < 4.78 is 25.6. The lowest BCUT2D eigenvalue weighted by molar-refractivity contribution is -0.138. The van der Waals surface area contributed by atoms with Crippen LogP contribution in [0.4, 0.5) is 0 Å². The second-order valence-corrected chi connectivity index (χ2v) is 8.23. The molecule has 23 heavy (non-hydrogen) atoms. The number of rotatable bonds is 4. The van der Waals surface area contributed by atoms with Crippen molar-refractivity contribution in [2.24, 2.45) is 5.92 Å². The van der Waals surface area contributed by atoms with Crippen LogP contribution in [0, 0.1) is 19.8 Å². The number of sulfone groups is 1. The molecule has 0 radical (unpaired) electrons. The van der Waals surface area contributed by atoms with Crippen molar-refractivity contribution in [3.05, 3.63) is 65.2 Å². The Morgan fingerprint density at radius 1 is 0.913 bits per heavy atom. The Balaban J connectivity index is 1.98. The molecule has 1 aliphatic rings. The van der Waals surface area contributed by atoms with E-state index in [1.54, 1.807) is 24.3 Å². The van der Waals surface area contributed by atoms with Gasteiger partial charge in [0.1, 0.15) is 0 Å². The number of carboxylic acid groups (broad SMARTS) is 1. The van der Waals surface area contributed by atoms with Gasteiger partial charge in [-0.15, -0.1) is 0 Å². The average Bonchev–Trinajstić information content (AvgIpc) is 3.25. The van der Waals surface area contributed by atoms with Crippen LogP contribution in [0.5, 0.6) is 0 Å². The Bertz CT molecular complexity index is 836. The molecule has 0 heterocycles. The Labute approximate surface area is 135 Å². The molecular formula is C18H18O4S. The highest BCUT2D eigenvalue weighted by molar-refractivity contribution is 7.92. The van der Waals surface area contributed by atoms with Crippen molar-refractivity contribution in [2.45, 2.75) is 29.9 Å². The molecule has 0 amide bonds. The summed E-state index contributed by atoms with van der Waals surface area (Å²) in [6.07, 6.45) is 0. The normalized spacial score (nSPS) is 23.5. The molecule has 1 N–H and O–H groups in total. The van der Waals surface area contributed by atoms with E-state index in [1.807, 2.05) is 38.1 Å². The highest BCUT2D eigenvalue weighted by Crippen LogP contribution is 2.54. The number of aryl methyl sites for hydroxylation is 2. The minimum Gasteiger partial charge on any atom is -0.481 e. The molecule has 5 heteroatoms. The largest absolute Gasteiger partial charge is 0.481 e. The third kappa shape index (κ3) is 2.77. The number of hydrogen-bond acceptors (Lipinski definition) is 3. The van der Waals surface area contributed by atoms with Crippen LogP contribution in [0.2, 0.25) is 0 Å². The van der Waals surface area contributed by atoms with E-state index in [-0.39, 0.29) is 4.90 Å². The van der Waals surface area contributed by atoms with Gasteiger partial charge in [0.05, 0.1) is 16.1 Å². The van der Waals surface area contributed by atoms with E-state index < -0.39 is 32.9 Å². The van der Waals surface area contributed by atoms with Crippen molar-refractivity contribution in [3.63, 3.8) is 0 Å². The van der Waals surface area contributed by atoms with E-state index in [1.165, 1.54) is 0 Å². The zero-order chi connectivity index (χ0) is 16.8. The first-order valence-electron chi connectivity index (χ1n) is 7.42. The summed E-state index contributed by atoms with van der Waals surface area (Å²) in [6.45, 7) is 3.81. The number of aliphatic carboxylic acids is 1. The van der Waals surface area contributed by atoms with Crippen LogP contribution in [0.1, 0.15) is 22.6 Å². The van der Waals surface area contributed by atoms with E-state index in [4.69, 9.17) is 0 Å². The van der Waals surface area contributed by atoms with Crippen molar-refractivity contribution < 1.29 is 18.3 Å². The second-order valence-electron chi connectivity index (χ2n) is 6.12. The first-order chi connectivity index (χ1) is 10.8. The van der Waals surface area contributed by atoms with Gasteiger partial charge in [-0.25, -0.2) is 8.42 Å². The molecule has 0 bridgehead atoms. The molecule has 4 nitrogen and oxygen atoms in total. The maximum atomic E-state index is 12.8. The third-order valence-corrected chi connectivity index (χ3v) is 6.64. The van der Waals surface area contributed by atoms with E-state index >= 15 is 0 Å². The highest BCUT2D eigenvalue weighted by atomic mass is 32.2. The van der Waals surface area contributed by atoms with Crippen molar-refractivity contribution in [1.82, 2.24) is 0 Å². The van der Waals surface area contributed by atoms with Gasteiger partial charge in [-0.05, 0) is 31.5 Å². The van der Waals surface area contributed by atoms with E-state index in [2.05, 4.69) is 0 Å². The highest BCUT2D eigenvalue weighted by Gasteiger charge is 2.63. The van der Waals surface area contributed by atoms with Crippen LogP contribution in [0.3, 0.4) is 0 Å². The van der Waals surface area contributed by atoms with Gasteiger partial charge in [0, 0.05) is 5.92 Å². The Hall–Kier alpha value is -2.14. The van der Waals surface area contributed by atoms with Crippen LogP contribution < -0.4 is 0 Å². The maximum Gasteiger partial charge on any atom is 0.308 e. The van der Waals surface area contributed by atoms with Gasteiger partial charge in [-0.2, -0.15) is 0 Å². The second kappa shape index (κ2) is 5.49. The number of carboxylic acids is 1. The molecule has 0 unspecified atom stereocenters. The van der Waals surface area contributed by atoms with Crippen molar-refractivity contribution in [1.29, 1.82) is 0 Å². The predicted molar refractivity (Wildman–Crippen MR) is 87.2 cm³/mol. The smallest absolute Gasteiger partial charge is 0.308 e. The molecule has 1 fully saturated rings. The zero-order valence-corrected chi connectivity index (χ0v) is 13.7. The summed E-state index contributed by atoms with van der Waals surface area (Å²) in [5.74, 6) is -2.43. The quantitative estimate of drug-likeness (QED) is 0.935. The van der Waals surface area contributed by atoms with Gasteiger partial charge in [0.2, 0.25) is 0 Å². The summed E-state index contributed by atoms with van der Waals surface area (Å²) >= 11 is 0. The fourth-order valence-corrected chi connectivity index (χ4v) is 5.16. The molecule has 2 aromatic carbocycles. The van der Waals surface area contributed by atoms with Gasteiger partial charge in [0.25, 0.3) is 0 Å². The minimum absolute atomic E-state index is 0.189. The molecule has 1 aliphatic carbocycles. The first kappa shape index (κ1) is 15.7. The lowest BCUT2D eigenvalue weighted by Crippen LogP contribution is -2.13. The minimum atomic E-state index is -3.67. The molecule has 3 atom stereocenters. The monoisotopic (exact) mass is 330 g/mol. The van der Waals surface area contributed by atoms with Gasteiger partial charge < -0.3 is 5.11 Å². The SMILES string of the molecule is Cc1ccc([C@@H]2[C@H](C(=O)O)[C@H]2S(=O)(=O)c2ccc(C)cc2)cc1. The van der Waals surface area contributed by atoms with Gasteiger partial charge in [0.15, 0.2) is 9.84 Å². The predicted octanol–water partition coefficient (Wildman–Crippen LogP) is 2.94. The van der Waals surface area contributed by atoms with E-state index in [9.17, 15) is 18.3 Å². The van der Waals surface area contributed by atoms with Crippen LogP contribution in [-0.2, 0) is 14.6 Å². The molecule has 120 valence electrons. The fourth-order valence-electron chi connectivity index (χ4n) is 3.03. The van der Waals surface area contributed by atoms with Crippen LogP contribution in [-0.4, -0.2) is 24.7 Å². The van der Waals surface area contributed by atoms with Crippen LogP contribution in [0.15, 0.2) is 53.4 Å². The standard InChI is InChI=1S/C18H18O4S/c1-11-3-7-13(8-4-11)15-16(18(19)20)17(15)23(21,22)14-9-5-12(2)6-10-14/h3-10,15-17H,1-2H3,(H,19,20)/t15-,16+,17+/m1/s1. The summed E-state index contributed by atoms with van der Waals surface area (Å²) in [4.78, 5) is 11.7. The van der Waals surface area contributed by atoms with Crippen LogP contribution in [0.25, 0.3) is 0 Å². The van der Waals surface area contributed by atoms with Crippen molar-refractivity contribution in [3.8, 4) is 0 Å². The van der Waals surface area contributed by atoms with E-state index in [0.29, 0.717) is 0 Å². The lowest BCUT2D eigenvalue weighted by atomic mass is 10.1. The topological polar surface area (TPSA) is 71.4 Å². The summed E-state index contributed by atoms with van der Waals surface area (Å²) in [7, 11) is -3.67. The van der Waals surface area contributed by atoms with Crippen molar-refractivity contribution in [2.75, 3.05) is 0 Å². The van der Waals surface area contributed by atoms with Gasteiger partial charge >= 0.3 is 5.97 Å².